The largest absolute Gasteiger partial charge is 0.503 e. The number of ether oxygens (including phenoxy) is 2. The van der Waals surface area contributed by atoms with Crippen LogP contribution >= 0.6 is 11.6 Å². The van der Waals surface area contributed by atoms with Crippen molar-refractivity contribution < 1.29 is 29.1 Å². The summed E-state index contributed by atoms with van der Waals surface area (Å²) in [5.41, 5.74) is -0.335. The first-order valence-corrected chi connectivity index (χ1v) is 8.07. The average molecular weight is 395 g/mol. The van der Waals surface area contributed by atoms with E-state index in [9.17, 15) is 24.8 Å². The maximum absolute atomic E-state index is 12.1. The van der Waals surface area contributed by atoms with Crippen molar-refractivity contribution in [3.05, 3.63) is 57.1 Å². The average Bonchev–Trinajstić information content (AvgIpc) is 2.63. The summed E-state index contributed by atoms with van der Waals surface area (Å²) in [6.07, 6.45) is 0. The van der Waals surface area contributed by atoms with Gasteiger partial charge in [0.2, 0.25) is 0 Å². The molecule has 0 aromatic heterocycles. The molecule has 2 rings (SSSR count). The molecule has 9 nitrogen and oxygen atoms in total. The van der Waals surface area contributed by atoms with E-state index in [0.29, 0.717) is 0 Å². The fourth-order valence-electron chi connectivity index (χ4n) is 2.10. The van der Waals surface area contributed by atoms with Crippen molar-refractivity contribution in [2.75, 3.05) is 18.5 Å². The van der Waals surface area contributed by atoms with Crippen LogP contribution in [0.25, 0.3) is 0 Å². The Morgan fingerprint density at radius 2 is 2.00 bits per heavy atom. The number of hydrogen-bond acceptors (Lipinski definition) is 7. The molecule has 2 N–H and O–H groups in total. The van der Waals surface area contributed by atoms with E-state index in [0.717, 1.165) is 0 Å². The minimum absolute atomic E-state index is 0.00121. The van der Waals surface area contributed by atoms with Gasteiger partial charge in [-0.15, -0.1) is 0 Å². The van der Waals surface area contributed by atoms with E-state index in [1.165, 1.54) is 36.4 Å². The molecule has 0 saturated carbocycles. The van der Waals surface area contributed by atoms with Gasteiger partial charge >= 0.3 is 5.97 Å². The number of aromatic hydroxyl groups is 1. The molecule has 2 aromatic carbocycles. The molecule has 0 radical (unpaired) electrons. The first-order chi connectivity index (χ1) is 12.8. The Labute approximate surface area is 158 Å². The molecule has 0 unspecified atom stereocenters. The zero-order chi connectivity index (χ0) is 20.0. The smallest absolute Gasteiger partial charge is 0.338 e. The van der Waals surface area contributed by atoms with Crippen molar-refractivity contribution in [2.24, 2.45) is 0 Å². The maximum Gasteiger partial charge on any atom is 0.338 e. The second-order valence-corrected chi connectivity index (χ2v) is 5.54. The van der Waals surface area contributed by atoms with Crippen LogP contribution in [0.3, 0.4) is 0 Å². The fraction of sp³-hybridized carbons (Fsp3) is 0.176. The monoisotopic (exact) mass is 394 g/mol. The number of amides is 1. The second kappa shape index (κ2) is 8.86. The highest BCUT2D eigenvalue weighted by Crippen LogP contribution is 2.35. The van der Waals surface area contributed by atoms with Crippen molar-refractivity contribution in [2.45, 2.75) is 6.92 Å². The molecular formula is C17H15ClN2O7. The molecule has 0 saturated heterocycles. The van der Waals surface area contributed by atoms with E-state index in [-0.39, 0.29) is 40.1 Å². The van der Waals surface area contributed by atoms with Gasteiger partial charge in [-0.25, -0.2) is 4.79 Å². The minimum Gasteiger partial charge on any atom is -0.503 e. The van der Waals surface area contributed by atoms with E-state index < -0.39 is 23.4 Å². The zero-order valence-electron chi connectivity index (χ0n) is 14.1. The van der Waals surface area contributed by atoms with Crippen LogP contribution in [0.4, 0.5) is 11.4 Å². The van der Waals surface area contributed by atoms with Gasteiger partial charge in [-0.05, 0) is 25.1 Å². The summed E-state index contributed by atoms with van der Waals surface area (Å²) < 4.78 is 10.0. The number of nitrogens with zero attached hydrogens (tertiary/aromatic N) is 1. The summed E-state index contributed by atoms with van der Waals surface area (Å²) in [4.78, 5) is 34.3. The predicted octanol–water partition coefficient (Wildman–Crippen LogP) is 3.15. The van der Waals surface area contributed by atoms with Gasteiger partial charge in [0.25, 0.3) is 11.6 Å². The van der Waals surface area contributed by atoms with Gasteiger partial charge in [0, 0.05) is 6.07 Å². The van der Waals surface area contributed by atoms with Gasteiger partial charge in [0.15, 0.2) is 18.1 Å². The third-order valence-electron chi connectivity index (χ3n) is 3.27. The minimum atomic E-state index is -0.879. The number of halogens is 1. The summed E-state index contributed by atoms with van der Waals surface area (Å²) in [5, 5.41) is 22.9. The normalized spacial score (nSPS) is 10.1. The Balaban J connectivity index is 2.03. The van der Waals surface area contributed by atoms with Crippen LogP contribution in [0.5, 0.6) is 11.5 Å². The number of para-hydroxylation sites is 2. The molecule has 0 aliphatic heterocycles. The van der Waals surface area contributed by atoms with Gasteiger partial charge in [0.1, 0.15) is 5.69 Å². The molecule has 142 valence electrons. The zero-order valence-corrected chi connectivity index (χ0v) is 14.9. The van der Waals surface area contributed by atoms with Crippen LogP contribution in [0.2, 0.25) is 5.02 Å². The van der Waals surface area contributed by atoms with Crippen LogP contribution < -0.4 is 10.1 Å². The van der Waals surface area contributed by atoms with E-state index in [1.807, 2.05) is 0 Å². The Morgan fingerprint density at radius 3 is 2.67 bits per heavy atom. The molecule has 0 aliphatic rings. The molecule has 0 atom stereocenters. The number of nitro groups is 1. The predicted molar refractivity (Wildman–Crippen MR) is 96.3 cm³/mol. The quantitative estimate of drug-likeness (QED) is 0.419. The number of nitrogens with one attached hydrogen (secondary N) is 1. The Morgan fingerprint density at radius 1 is 1.30 bits per heavy atom. The Hall–Kier alpha value is -3.33. The van der Waals surface area contributed by atoms with Gasteiger partial charge in [-0.1, -0.05) is 23.7 Å². The molecule has 10 heteroatoms. The number of carbonyl (C=O) groups is 2. The molecule has 2 aromatic rings. The summed E-state index contributed by atoms with van der Waals surface area (Å²) in [7, 11) is 0. The SMILES string of the molecule is CCOc1cc(C(=O)OCC(=O)Nc2ccccc2[N+](=O)[O-])cc(Cl)c1O. The Bertz CT molecular complexity index is 886. The summed E-state index contributed by atoms with van der Waals surface area (Å²) in [6, 6.07) is 7.95. The van der Waals surface area contributed by atoms with Gasteiger partial charge in [-0.3, -0.25) is 14.9 Å². The number of anilines is 1. The van der Waals surface area contributed by atoms with Crippen LogP contribution in [0, 0.1) is 10.1 Å². The van der Waals surface area contributed by atoms with Gasteiger partial charge in [0.05, 0.1) is 22.1 Å². The highest BCUT2D eigenvalue weighted by atomic mass is 35.5. The molecule has 0 spiro atoms. The lowest BCUT2D eigenvalue weighted by Gasteiger charge is -2.10. The molecule has 27 heavy (non-hydrogen) atoms. The van der Waals surface area contributed by atoms with Crippen molar-refractivity contribution in [1.82, 2.24) is 0 Å². The number of nitro benzene ring substituents is 1. The third kappa shape index (κ3) is 5.08. The van der Waals surface area contributed by atoms with Crippen molar-refractivity contribution >= 4 is 34.9 Å². The van der Waals surface area contributed by atoms with Crippen molar-refractivity contribution in [3.63, 3.8) is 0 Å². The number of esters is 1. The number of carbonyl (C=O) groups excluding carboxylic acids is 2. The number of hydrogen-bond donors (Lipinski definition) is 2. The lowest BCUT2D eigenvalue weighted by Crippen LogP contribution is -2.21. The maximum atomic E-state index is 12.1. The van der Waals surface area contributed by atoms with E-state index in [4.69, 9.17) is 21.1 Å². The molecule has 0 aliphatic carbocycles. The van der Waals surface area contributed by atoms with Crippen LogP contribution in [0.15, 0.2) is 36.4 Å². The topological polar surface area (TPSA) is 128 Å². The fourth-order valence-corrected chi connectivity index (χ4v) is 2.31. The van der Waals surface area contributed by atoms with E-state index in [1.54, 1.807) is 6.92 Å². The molecule has 0 fully saturated rings. The summed E-state index contributed by atoms with van der Waals surface area (Å²) >= 11 is 5.83. The standard InChI is InChI=1S/C17H15ClN2O7/c1-2-26-14-8-10(7-11(18)16(14)22)17(23)27-9-15(21)19-12-5-3-4-6-13(12)20(24)25/h3-8,22H,2,9H2,1H3,(H,19,21). The number of phenols is 1. The lowest BCUT2D eigenvalue weighted by atomic mass is 10.2. The number of rotatable bonds is 7. The lowest BCUT2D eigenvalue weighted by molar-refractivity contribution is -0.383. The van der Waals surface area contributed by atoms with Crippen molar-refractivity contribution in [3.8, 4) is 11.5 Å². The highest BCUT2D eigenvalue weighted by molar-refractivity contribution is 6.32. The first kappa shape index (κ1) is 20.0. The number of phenolic OH excluding ortho intramolecular Hbond substituents is 1. The molecule has 1 amide bonds. The third-order valence-corrected chi connectivity index (χ3v) is 3.56. The molecular weight excluding hydrogens is 380 g/mol. The first-order valence-electron chi connectivity index (χ1n) is 7.69. The molecule has 0 heterocycles. The van der Waals surface area contributed by atoms with Gasteiger partial charge < -0.3 is 19.9 Å². The van der Waals surface area contributed by atoms with E-state index >= 15 is 0 Å². The summed E-state index contributed by atoms with van der Waals surface area (Å²) in [5.74, 6) is -1.95. The Kier molecular flexibility index (Phi) is 6.56. The van der Waals surface area contributed by atoms with Crippen LogP contribution in [-0.2, 0) is 9.53 Å². The number of benzene rings is 2. The second-order valence-electron chi connectivity index (χ2n) is 5.14. The van der Waals surface area contributed by atoms with E-state index in [2.05, 4.69) is 5.32 Å². The molecule has 0 bridgehead atoms. The van der Waals surface area contributed by atoms with Crippen molar-refractivity contribution in [1.29, 1.82) is 0 Å². The summed E-state index contributed by atoms with van der Waals surface area (Å²) in [6.45, 7) is 1.25. The van der Waals surface area contributed by atoms with Crippen LogP contribution in [-0.4, -0.2) is 35.1 Å². The highest BCUT2D eigenvalue weighted by Gasteiger charge is 2.18. The van der Waals surface area contributed by atoms with Gasteiger partial charge in [-0.2, -0.15) is 0 Å². The van der Waals surface area contributed by atoms with Crippen LogP contribution in [0.1, 0.15) is 17.3 Å².